The molecule has 0 atom stereocenters. The Balaban J connectivity index is 2.20. The van der Waals surface area contributed by atoms with Crippen molar-refractivity contribution in [2.24, 2.45) is 0 Å². The van der Waals surface area contributed by atoms with E-state index < -0.39 is 5.60 Å². The third kappa shape index (κ3) is 0.971. The minimum Gasteiger partial charge on any atom is -0.385 e. The van der Waals surface area contributed by atoms with Gasteiger partial charge in [-0.05, 0) is 24.5 Å². The zero-order valence-electron chi connectivity index (χ0n) is 7.12. The lowest BCUT2D eigenvalue weighted by molar-refractivity contribution is 0.151. The van der Waals surface area contributed by atoms with Crippen LogP contribution in [0.1, 0.15) is 18.4 Å². The molecule has 0 spiro atoms. The van der Waals surface area contributed by atoms with Crippen molar-refractivity contribution in [3.63, 3.8) is 0 Å². The molecule has 1 aliphatic carbocycles. The van der Waals surface area contributed by atoms with E-state index in [-0.39, 0.29) is 0 Å². The number of nitrogens with zero attached hydrogens (tertiary/aromatic N) is 1. The van der Waals surface area contributed by atoms with Crippen molar-refractivity contribution in [3.8, 4) is 0 Å². The largest absolute Gasteiger partial charge is 0.385 e. The lowest BCUT2D eigenvalue weighted by Crippen LogP contribution is -2.03. The molecular weight excluding hydrogens is 164 g/mol. The first-order valence-corrected chi connectivity index (χ1v) is 4.44. The highest BCUT2D eigenvalue weighted by Crippen LogP contribution is 2.45. The molecule has 0 aliphatic heterocycles. The summed E-state index contributed by atoms with van der Waals surface area (Å²) in [6.45, 7) is 0. The summed E-state index contributed by atoms with van der Waals surface area (Å²) in [4.78, 5) is 0. The van der Waals surface area contributed by atoms with Crippen LogP contribution in [0.5, 0.6) is 0 Å². The molecule has 0 unspecified atom stereocenters. The van der Waals surface area contributed by atoms with Gasteiger partial charge in [0.2, 0.25) is 0 Å². The molecule has 1 aliphatic rings. The zero-order chi connectivity index (χ0) is 8.89. The highest BCUT2D eigenvalue weighted by atomic mass is 16.3. The maximum Gasteiger partial charge on any atom is 0.0899 e. The number of nitrogens with one attached hydrogen (secondary N) is 1. The molecular formula is C10H10N2O. The van der Waals surface area contributed by atoms with Gasteiger partial charge in [-0.25, -0.2) is 0 Å². The van der Waals surface area contributed by atoms with Crippen LogP contribution in [0.25, 0.3) is 10.9 Å². The van der Waals surface area contributed by atoms with Crippen LogP contribution in [0.3, 0.4) is 0 Å². The molecule has 2 aromatic rings. The summed E-state index contributed by atoms with van der Waals surface area (Å²) >= 11 is 0. The number of aliphatic hydroxyl groups is 1. The molecule has 1 heterocycles. The Kier molecular flexibility index (Phi) is 1.15. The van der Waals surface area contributed by atoms with Gasteiger partial charge in [-0.1, -0.05) is 12.1 Å². The SMILES string of the molecule is OC1(c2ccc3cn[nH]c3c2)CC1. The van der Waals surface area contributed by atoms with E-state index in [1.54, 1.807) is 6.20 Å². The maximum atomic E-state index is 9.86. The number of hydrogen-bond acceptors (Lipinski definition) is 2. The monoisotopic (exact) mass is 174 g/mol. The van der Waals surface area contributed by atoms with Gasteiger partial charge in [0.05, 0.1) is 17.3 Å². The molecule has 0 radical (unpaired) electrons. The highest BCUT2D eigenvalue weighted by molar-refractivity contribution is 5.78. The van der Waals surface area contributed by atoms with Gasteiger partial charge < -0.3 is 5.11 Å². The van der Waals surface area contributed by atoms with E-state index in [4.69, 9.17) is 0 Å². The van der Waals surface area contributed by atoms with Crippen molar-refractivity contribution >= 4 is 10.9 Å². The number of hydrogen-bond donors (Lipinski definition) is 2. The van der Waals surface area contributed by atoms with Crippen LogP contribution in [0, 0.1) is 0 Å². The fourth-order valence-corrected chi connectivity index (χ4v) is 1.63. The van der Waals surface area contributed by atoms with Crippen LogP contribution in [0.15, 0.2) is 24.4 Å². The summed E-state index contributed by atoms with van der Waals surface area (Å²) in [7, 11) is 0. The molecule has 0 bridgehead atoms. The van der Waals surface area contributed by atoms with Crippen LogP contribution in [0.4, 0.5) is 0 Å². The van der Waals surface area contributed by atoms with Crippen LogP contribution < -0.4 is 0 Å². The summed E-state index contributed by atoms with van der Waals surface area (Å²) in [5, 5.41) is 17.8. The van der Waals surface area contributed by atoms with Gasteiger partial charge in [-0.15, -0.1) is 0 Å². The fraction of sp³-hybridized carbons (Fsp3) is 0.300. The summed E-state index contributed by atoms with van der Waals surface area (Å²) in [5.41, 5.74) is 1.46. The van der Waals surface area contributed by atoms with Gasteiger partial charge in [0.25, 0.3) is 0 Å². The van der Waals surface area contributed by atoms with Crippen LogP contribution in [-0.2, 0) is 5.60 Å². The second-order valence-corrected chi connectivity index (χ2v) is 3.70. The van der Waals surface area contributed by atoms with Gasteiger partial charge in [0.1, 0.15) is 0 Å². The van der Waals surface area contributed by atoms with E-state index in [9.17, 15) is 5.11 Å². The van der Waals surface area contributed by atoms with E-state index in [2.05, 4.69) is 10.2 Å². The van der Waals surface area contributed by atoms with E-state index >= 15 is 0 Å². The lowest BCUT2D eigenvalue weighted by Gasteiger charge is -2.06. The Labute approximate surface area is 75.4 Å². The van der Waals surface area contributed by atoms with Crippen molar-refractivity contribution in [1.29, 1.82) is 0 Å². The van der Waals surface area contributed by atoms with Gasteiger partial charge in [-0.2, -0.15) is 5.10 Å². The Morgan fingerprint density at radius 3 is 3.00 bits per heavy atom. The second kappa shape index (κ2) is 2.12. The van der Waals surface area contributed by atoms with E-state index in [0.29, 0.717) is 0 Å². The molecule has 0 saturated heterocycles. The smallest absolute Gasteiger partial charge is 0.0899 e. The third-order valence-corrected chi connectivity index (χ3v) is 2.70. The average Bonchev–Trinajstić information content (AvgIpc) is 2.74. The molecule has 1 saturated carbocycles. The van der Waals surface area contributed by atoms with Crippen molar-refractivity contribution in [2.45, 2.75) is 18.4 Å². The number of fused-ring (bicyclic) bond motifs is 1. The summed E-state index contributed by atoms with van der Waals surface area (Å²) in [6.07, 6.45) is 3.55. The Morgan fingerprint density at radius 2 is 2.23 bits per heavy atom. The number of aromatic amines is 1. The Hall–Kier alpha value is -1.35. The van der Waals surface area contributed by atoms with Crippen molar-refractivity contribution in [1.82, 2.24) is 10.2 Å². The molecule has 3 heteroatoms. The Morgan fingerprint density at radius 1 is 1.38 bits per heavy atom. The molecule has 1 fully saturated rings. The highest BCUT2D eigenvalue weighted by Gasteiger charge is 2.42. The van der Waals surface area contributed by atoms with Crippen LogP contribution >= 0.6 is 0 Å². The molecule has 1 aromatic carbocycles. The average molecular weight is 174 g/mol. The number of rotatable bonds is 1. The Bertz CT molecular complexity index is 457. The zero-order valence-corrected chi connectivity index (χ0v) is 7.12. The predicted octanol–water partition coefficient (Wildman–Crippen LogP) is 1.54. The van der Waals surface area contributed by atoms with Gasteiger partial charge in [0.15, 0.2) is 0 Å². The van der Waals surface area contributed by atoms with Crippen molar-refractivity contribution < 1.29 is 5.11 Å². The third-order valence-electron chi connectivity index (χ3n) is 2.70. The second-order valence-electron chi connectivity index (χ2n) is 3.70. The topological polar surface area (TPSA) is 48.9 Å². The van der Waals surface area contributed by atoms with Gasteiger partial charge in [-0.3, -0.25) is 5.10 Å². The molecule has 66 valence electrons. The first-order chi connectivity index (χ1) is 6.28. The number of aromatic nitrogens is 2. The number of H-pyrrole nitrogens is 1. The van der Waals surface area contributed by atoms with Gasteiger partial charge in [0, 0.05) is 5.39 Å². The van der Waals surface area contributed by atoms with E-state index in [0.717, 1.165) is 29.3 Å². The van der Waals surface area contributed by atoms with Crippen LogP contribution in [0.2, 0.25) is 0 Å². The molecule has 3 nitrogen and oxygen atoms in total. The lowest BCUT2D eigenvalue weighted by atomic mass is 10.1. The fourth-order valence-electron chi connectivity index (χ4n) is 1.63. The normalized spacial score (nSPS) is 19.2. The molecule has 2 N–H and O–H groups in total. The number of benzene rings is 1. The summed E-state index contributed by atoms with van der Waals surface area (Å²) in [6, 6.07) is 5.95. The standard InChI is InChI=1S/C10H10N2O/c13-10(3-4-10)8-2-1-7-6-11-12-9(7)5-8/h1-2,5-6,13H,3-4H2,(H,11,12). The van der Waals surface area contributed by atoms with E-state index in [1.807, 2.05) is 18.2 Å². The van der Waals surface area contributed by atoms with Gasteiger partial charge >= 0.3 is 0 Å². The summed E-state index contributed by atoms with van der Waals surface area (Å²) < 4.78 is 0. The predicted molar refractivity (Wildman–Crippen MR) is 49.2 cm³/mol. The molecule has 1 aromatic heterocycles. The molecule has 13 heavy (non-hydrogen) atoms. The quantitative estimate of drug-likeness (QED) is 0.689. The van der Waals surface area contributed by atoms with E-state index in [1.165, 1.54) is 0 Å². The first-order valence-electron chi connectivity index (χ1n) is 4.44. The first kappa shape index (κ1) is 7.09. The molecule has 3 rings (SSSR count). The minimum absolute atomic E-state index is 0.542. The molecule has 0 amide bonds. The summed E-state index contributed by atoms with van der Waals surface area (Å²) in [5.74, 6) is 0. The van der Waals surface area contributed by atoms with Crippen molar-refractivity contribution in [2.75, 3.05) is 0 Å². The van der Waals surface area contributed by atoms with Crippen molar-refractivity contribution in [3.05, 3.63) is 30.0 Å². The maximum absolute atomic E-state index is 9.86. The van der Waals surface area contributed by atoms with Crippen LogP contribution in [-0.4, -0.2) is 15.3 Å². The minimum atomic E-state index is -0.542.